The molecule has 0 atom stereocenters. The molecular formula is C13H15F3N2O3S. The van der Waals surface area contributed by atoms with E-state index in [0.29, 0.717) is 6.07 Å². The SMILES string of the molecule is COCCN(CCC#N)S(=O)(=O)c1cccc(C(F)(F)F)c1. The van der Waals surface area contributed by atoms with E-state index in [4.69, 9.17) is 10.00 Å². The Morgan fingerprint density at radius 2 is 2.00 bits per heavy atom. The van der Waals surface area contributed by atoms with Crippen LogP contribution in [-0.4, -0.2) is 39.5 Å². The molecule has 0 heterocycles. The third kappa shape index (κ3) is 4.69. The van der Waals surface area contributed by atoms with Gasteiger partial charge in [-0.25, -0.2) is 8.42 Å². The molecule has 1 rings (SSSR count). The second kappa shape index (κ2) is 7.58. The molecule has 1 aromatic rings. The molecule has 0 unspecified atom stereocenters. The number of sulfonamides is 1. The lowest BCUT2D eigenvalue weighted by Crippen LogP contribution is -2.34. The van der Waals surface area contributed by atoms with Gasteiger partial charge >= 0.3 is 6.18 Å². The maximum absolute atomic E-state index is 12.7. The fourth-order valence-corrected chi connectivity index (χ4v) is 3.17. The standard InChI is InChI=1S/C13H15F3N2O3S/c1-21-9-8-18(7-3-6-17)22(19,20)12-5-2-4-11(10-12)13(14,15)16/h2,4-5,10H,3,7-9H2,1H3. The number of nitriles is 1. The van der Waals surface area contributed by atoms with Crippen molar-refractivity contribution in [1.82, 2.24) is 4.31 Å². The highest BCUT2D eigenvalue weighted by Crippen LogP contribution is 2.31. The Kier molecular flexibility index (Phi) is 6.34. The summed E-state index contributed by atoms with van der Waals surface area (Å²) in [5.74, 6) is 0. The first kappa shape index (κ1) is 18.4. The third-order valence-electron chi connectivity index (χ3n) is 2.82. The Morgan fingerprint density at radius 3 is 2.55 bits per heavy atom. The summed E-state index contributed by atoms with van der Waals surface area (Å²) in [6.45, 7) is -0.0845. The van der Waals surface area contributed by atoms with Crippen LogP contribution in [0.1, 0.15) is 12.0 Å². The van der Waals surface area contributed by atoms with Gasteiger partial charge in [-0.2, -0.15) is 22.7 Å². The van der Waals surface area contributed by atoms with E-state index in [1.54, 1.807) is 6.07 Å². The van der Waals surface area contributed by atoms with Gasteiger partial charge in [0.15, 0.2) is 0 Å². The van der Waals surface area contributed by atoms with Crippen molar-refractivity contribution in [2.75, 3.05) is 26.8 Å². The van der Waals surface area contributed by atoms with E-state index >= 15 is 0 Å². The van der Waals surface area contributed by atoms with E-state index in [0.717, 1.165) is 22.5 Å². The van der Waals surface area contributed by atoms with Gasteiger partial charge in [-0.3, -0.25) is 0 Å². The summed E-state index contributed by atoms with van der Waals surface area (Å²) in [6.07, 6.45) is -4.70. The number of hydrogen-bond donors (Lipinski definition) is 0. The third-order valence-corrected chi connectivity index (χ3v) is 4.71. The zero-order valence-electron chi connectivity index (χ0n) is 11.8. The molecule has 5 nitrogen and oxygen atoms in total. The summed E-state index contributed by atoms with van der Waals surface area (Å²) in [4.78, 5) is -0.462. The molecule has 0 aliphatic rings. The highest BCUT2D eigenvalue weighted by Gasteiger charge is 2.32. The average Bonchev–Trinajstić information content (AvgIpc) is 2.46. The highest BCUT2D eigenvalue weighted by atomic mass is 32.2. The van der Waals surface area contributed by atoms with Crippen LogP contribution in [0.15, 0.2) is 29.2 Å². The number of ether oxygens (including phenoxy) is 1. The maximum Gasteiger partial charge on any atom is 0.416 e. The van der Waals surface area contributed by atoms with Gasteiger partial charge in [0.2, 0.25) is 10.0 Å². The summed E-state index contributed by atoms with van der Waals surface area (Å²) < 4.78 is 68.6. The van der Waals surface area contributed by atoms with Crippen molar-refractivity contribution in [3.05, 3.63) is 29.8 Å². The second-order valence-electron chi connectivity index (χ2n) is 4.33. The van der Waals surface area contributed by atoms with Crippen molar-refractivity contribution in [3.8, 4) is 6.07 Å². The number of alkyl halides is 3. The molecule has 0 saturated carbocycles. The molecule has 0 N–H and O–H groups in total. The van der Waals surface area contributed by atoms with Crippen molar-refractivity contribution in [1.29, 1.82) is 5.26 Å². The van der Waals surface area contributed by atoms with Crippen LogP contribution in [0.3, 0.4) is 0 Å². The molecule has 122 valence electrons. The van der Waals surface area contributed by atoms with E-state index in [1.807, 2.05) is 0 Å². The van der Waals surface area contributed by atoms with Gasteiger partial charge in [0.25, 0.3) is 0 Å². The zero-order valence-corrected chi connectivity index (χ0v) is 12.6. The number of methoxy groups -OCH3 is 1. The topological polar surface area (TPSA) is 70.4 Å². The lowest BCUT2D eigenvalue weighted by molar-refractivity contribution is -0.137. The molecule has 0 aliphatic carbocycles. The molecule has 0 spiro atoms. The molecule has 0 radical (unpaired) electrons. The lowest BCUT2D eigenvalue weighted by atomic mass is 10.2. The van der Waals surface area contributed by atoms with Crippen LogP contribution in [0, 0.1) is 11.3 Å². The van der Waals surface area contributed by atoms with Gasteiger partial charge in [-0.1, -0.05) is 6.07 Å². The quantitative estimate of drug-likeness (QED) is 0.766. The zero-order chi connectivity index (χ0) is 16.8. The van der Waals surface area contributed by atoms with Gasteiger partial charge < -0.3 is 4.74 Å². The fourth-order valence-electron chi connectivity index (χ4n) is 1.70. The smallest absolute Gasteiger partial charge is 0.383 e. The summed E-state index contributed by atoms with van der Waals surface area (Å²) in [6, 6.07) is 5.32. The molecular weight excluding hydrogens is 321 g/mol. The van der Waals surface area contributed by atoms with E-state index in [1.165, 1.54) is 7.11 Å². The molecule has 0 amide bonds. The molecule has 0 bridgehead atoms. The van der Waals surface area contributed by atoms with Crippen LogP contribution < -0.4 is 0 Å². The summed E-state index contributed by atoms with van der Waals surface area (Å²) in [5, 5.41) is 8.58. The van der Waals surface area contributed by atoms with Gasteiger partial charge in [0.1, 0.15) is 0 Å². The molecule has 0 saturated heterocycles. The molecule has 9 heteroatoms. The highest BCUT2D eigenvalue weighted by molar-refractivity contribution is 7.89. The first-order valence-corrected chi connectivity index (χ1v) is 7.70. The fraction of sp³-hybridized carbons (Fsp3) is 0.462. The molecule has 0 fully saturated rings. The minimum atomic E-state index is -4.63. The van der Waals surface area contributed by atoms with E-state index < -0.39 is 26.7 Å². The average molecular weight is 336 g/mol. The van der Waals surface area contributed by atoms with Crippen molar-refractivity contribution in [2.45, 2.75) is 17.5 Å². The van der Waals surface area contributed by atoms with Gasteiger partial charge in [-0.05, 0) is 18.2 Å². The van der Waals surface area contributed by atoms with Crippen LogP contribution in [0.4, 0.5) is 13.2 Å². The van der Waals surface area contributed by atoms with Crippen molar-refractivity contribution >= 4 is 10.0 Å². The van der Waals surface area contributed by atoms with Gasteiger partial charge in [-0.15, -0.1) is 0 Å². The molecule has 0 aromatic heterocycles. The Balaban J connectivity index is 3.16. The van der Waals surface area contributed by atoms with Crippen molar-refractivity contribution in [2.24, 2.45) is 0 Å². The number of rotatable bonds is 7. The number of benzene rings is 1. The van der Waals surface area contributed by atoms with E-state index in [2.05, 4.69) is 0 Å². The lowest BCUT2D eigenvalue weighted by Gasteiger charge is -2.21. The Hall–Kier alpha value is -1.63. The van der Waals surface area contributed by atoms with Crippen LogP contribution in [0.25, 0.3) is 0 Å². The van der Waals surface area contributed by atoms with E-state index in [-0.39, 0.29) is 26.1 Å². The minimum absolute atomic E-state index is 0.0449. The maximum atomic E-state index is 12.7. The summed E-state index contributed by atoms with van der Waals surface area (Å²) in [7, 11) is -2.75. The van der Waals surface area contributed by atoms with Crippen LogP contribution in [0.2, 0.25) is 0 Å². The van der Waals surface area contributed by atoms with Crippen LogP contribution in [-0.2, 0) is 20.9 Å². The summed E-state index contributed by atoms with van der Waals surface area (Å²) >= 11 is 0. The van der Waals surface area contributed by atoms with Crippen LogP contribution in [0.5, 0.6) is 0 Å². The minimum Gasteiger partial charge on any atom is -0.383 e. The van der Waals surface area contributed by atoms with Crippen LogP contribution >= 0.6 is 0 Å². The predicted molar refractivity (Wildman–Crippen MR) is 72.3 cm³/mol. The Bertz CT molecular complexity index is 639. The summed E-state index contributed by atoms with van der Waals surface area (Å²) in [5.41, 5.74) is -1.04. The van der Waals surface area contributed by atoms with Gasteiger partial charge in [0.05, 0.1) is 23.1 Å². The predicted octanol–water partition coefficient (Wildman–Crippen LogP) is 2.26. The normalized spacial score (nSPS) is 12.4. The Morgan fingerprint density at radius 1 is 1.32 bits per heavy atom. The van der Waals surface area contributed by atoms with Crippen molar-refractivity contribution in [3.63, 3.8) is 0 Å². The van der Waals surface area contributed by atoms with E-state index in [9.17, 15) is 21.6 Å². The molecule has 22 heavy (non-hydrogen) atoms. The van der Waals surface area contributed by atoms with Crippen molar-refractivity contribution < 1.29 is 26.3 Å². The van der Waals surface area contributed by atoms with Gasteiger partial charge in [0, 0.05) is 26.6 Å². The first-order valence-electron chi connectivity index (χ1n) is 6.26. The number of nitrogens with zero attached hydrogens (tertiary/aromatic N) is 2. The largest absolute Gasteiger partial charge is 0.416 e. The number of hydrogen-bond acceptors (Lipinski definition) is 4. The molecule has 1 aromatic carbocycles. The number of halogens is 3. The monoisotopic (exact) mass is 336 g/mol. The molecule has 0 aliphatic heterocycles. The first-order chi connectivity index (χ1) is 10.2. The Labute approximate surface area is 127 Å². The second-order valence-corrected chi connectivity index (χ2v) is 6.27.